The smallest absolute Gasteiger partial charge is 0.159 e. The van der Waals surface area contributed by atoms with E-state index in [4.69, 9.17) is 13.3 Å². The molecule has 3 aromatic heterocycles. The lowest BCUT2D eigenvalue weighted by molar-refractivity contribution is 0.668. The number of hydrogen-bond donors (Lipinski definition) is 0. The Bertz CT molecular complexity index is 3320. The first-order valence-electron chi connectivity index (χ1n) is 18.9. The van der Waals surface area contributed by atoms with Crippen LogP contribution in [0.2, 0.25) is 0 Å². The molecule has 0 fully saturated rings. The van der Waals surface area contributed by atoms with Crippen LogP contribution in [0.15, 0.2) is 201 Å². The maximum absolute atomic E-state index is 6.88. The number of fused-ring (bicyclic) bond motifs is 11. The summed E-state index contributed by atoms with van der Waals surface area (Å²) in [6.07, 6.45) is 0. The van der Waals surface area contributed by atoms with Crippen molar-refractivity contribution in [3.05, 3.63) is 188 Å². The first-order valence-corrected chi connectivity index (χ1v) is 18.9. The molecule has 0 saturated carbocycles. The van der Waals surface area contributed by atoms with Crippen molar-refractivity contribution in [3.63, 3.8) is 0 Å². The molecule has 0 unspecified atom stereocenters. The Morgan fingerprint density at radius 3 is 1.38 bits per heavy atom. The standard InChI is InChI=1S/C52H31NO3/c1-2-9-39-34(8-1)20-27-43-42-12-7-13-46(52(42)56-51(39)43)53(37-23-16-32(17-24-37)35-21-28-49-44(30-35)40-10-3-5-14-47(40)54-49)38-25-18-33(19-26-38)36-22-29-50-45(31-36)41-11-4-6-15-48(41)55-50/h1-31H. The molecule has 4 heteroatoms. The highest BCUT2D eigenvalue weighted by molar-refractivity contribution is 6.17. The fourth-order valence-corrected chi connectivity index (χ4v) is 8.53. The molecule has 0 amide bonds. The SMILES string of the molecule is c1ccc2c(c1)ccc1c3cccc(N(c4ccc(-c5ccc6oc7ccccc7c6c5)cc4)c4ccc(-c5ccc6oc7ccccc7c6c5)cc4)c3oc21. The zero-order valence-corrected chi connectivity index (χ0v) is 30.1. The number of para-hydroxylation sites is 3. The second-order valence-corrected chi connectivity index (χ2v) is 14.5. The summed E-state index contributed by atoms with van der Waals surface area (Å²) in [4.78, 5) is 2.31. The number of rotatable bonds is 5. The minimum atomic E-state index is 0.849. The monoisotopic (exact) mass is 717 g/mol. The van der Waals surface area contributed by atoms with Gasteiger partial charge >= 0.3 is 0 Å². The van der Waals surface area contributed by atoms with Gasteiger partial charge in [0.25, 0.3) is 0 Å². The lowest BCUT2D eigenvalue weighted by Crippen LogP contribution is -2.10. The van der Waals surface area contributed by atoms with Gasteiger partial charge in [-0.2, -0.15) is 0 Å². The molecule has 3 heterocycles. The van der Waals surface area contributed by atoms with Crippen molar-refractivity contribution in [2.24, 2.45) is 0 Å². The molecular formula is C52H31NO3. The fourth-order valence-electron chi connectivity index (χ4n) is 8.53. The summed E-state index contributed by atoms with van der Waals surface area (Å²) < 4.78 is 19.1. The molecule has 0 radical (unpaired) electrons. The minimum Gasteiger partial charge on any atom is -0.456 e. The highest BCUT2D eigenvalue weighted by atomic mass is 16.3. The zero-order chi connectivity index (χ0) is 36.7. The van der Waals surface area contributed by atoms with Gasteiger partial charge in [-0.1, -0.05) is 115 Å². The topological polar surface area (TPSA) is 42.7 Å². The summed E-state index contributed by atoms with van der Waals surface area (Å²) in [5.74, 6) is 0. The van der Waals surface area contributed by atoms with Gasteiger partial charge in [0.15, 0.2) is 5.58 Å². The van der Waals surface area contributed by atoms with Crippen molar-refractivity contribution in [3.8, 4) is 22.3 Å². The van der Waals surface area contributed by atoms with Crippen LogP contribution in [0.25, 0.3) is 98.8 Å². The third kappa shape index (κ3) is 4.73. The lowest BCUT2D eigenvalue weighted by Gasteiger charge is -2.26. The van der Waals surface area contributed by atoms with Crippen molar-refractivity contribution < 1.29 is 13.3 Å². The van der Waals surface area contributed by atoms with Crippen LogP contribution in [0, 0.1) is 0 Å². The highest BCUT2D eigenvalue weighted by Crippen LogP contribution is 2.44. The van der Waals surface area contributed by atoms with E-state index < -0.39 is 0 Å². The van der Waals surface area contributed by atoms with E-state index in [0.717, 1.165) is 116 Å². The number of benzene rings is 9. The number of anilines is 3. The van der Waals surface area contributed by atoms with E-state index in [0.29, 0.717) is 0 Å². The quantitative estimate of drug-likeness (QED) is 0.178. The Morgan fingerprint density at radius 1 is 0.286 bits per heavy atom. The van der Waals surface area contributed by atoms with E-state index in [2.05, 4.69) is 169 Å². The van der Waals surface area contributed by atoms with E-state index in [-0.39, 0.29) is 0 Å². The Morgan fingerprint density at radius 2 is 0.768 bits per heavy atom. The molecular weight excluding hydrogens is 687 g/mol. The van der Waals surface area contributed by atoms with E-state index in [9.17, 15) is 0 Å². The molecule has 0 bridgehead atoms. The van der Waals surface area contributed by atoms with Gasteiger partial charge in [0.05, 0.1) is 5.69 Å². The van der Waals surface area contributed by atoms with Gasteiger partial charge in [-0.3, -0.25) is 0 Å². The van der Waals surface area contributed by atoms with Crippen LogP contribution < -0.4 is 4.90 Å². The van der Waals surface area contributed by atoms with Gasteiger partial charge in [-0.05, 0) is 100 Å². The number of nitrogens with zero attached hydrogens (tertiary/aromatic N) is 1. The zero-order valence-electron chi connectivity index (χ0n) is 30.1. The van der Waals surface area contributed by atoms with Crippen molar-refractivity contribution in [1.29, 1.82) is 0 Å². The van der Waals surface area contributed by atoms with Crippen molar-refractivity contribution in [1.82, 2.24) is 0 Å². The number of hydrogen-bond acceptors (Lipinski definition) is 4. The average molecular weight is 718 g/mol. The molecule has 12 aromatic rings. The fraction of sp³-hybridized carbons (Fsp3) is 0. The van der Waals surface area contributed by atoms with Crippen LogP contribution in [0.5, 0.6) is 0 Å². The third-order valence-corrected chi connectivity index (χ3v) is 11.3. The van der Waals surface area contributed by atoms with E-state index >= 15 is 0 Å². The molecule has 0 N–H and O–H groups in total. The van der Waals surface area contributed by atoms with E-state index in [1.165, 1.54) is 0 Å². The number of furan rings is 3. The molecule has 0 spiro atoms. The minimum absolute atomic E-state index is 0.849. The largest absolute Gasteiger partial charge is 0.456 e. The maximum Gasteiger partial charge on any atom is 0.159 e. The molecule has 4 nitrogen and oxygen atoms in total. The first kappa shape index (κ1) is 30.9. The van der Waals surface area contributed by atoms with Crippen molar-refractivity contribution >= 4 is 93.7 Å². The molecule has 12 rings (SSSR count). The Kier molecular flexibility index (Phi) is 6.60. The maximum atomic E-state index is 6.88. The van der Waals surface area contributed by atoms with E-state index in [1.807, 2.05) is 24.3 Å². The van der Waals surface area contributed by atoms with E-state index in [1.54, 1.807) is 0 Å². The van der Waals surface area contributed by atoms with Gasteiger partial charge < -0.3 is 18.2 Å². The molecule has 9 aromatic carbocycles. The van der Waals surface area contributed by atoms with Crippen LogP contribution in [-0.4, -0.2) is 0 Å². The van der Waals surface area contributed by atoms with Gasteiger partial charge in [0.2, 0.25) is 0 Å². The Labute approximate surface area is 321 Å². The van der Waals surface area contributed by atoms with Crippen LogP contribution in [-0.2, 0) is 0 Å². The summed E-state index contributed by atoms with van der Waals surface area (Å²) >= 11 is 0. The second kappa shape index (κ2) is 12.0. The lowest BCUT2D eigenvalue weighted by atomic mass is 10.0. The molecule has 0 aliphatic carbocycles. The summed E-state index contributed by atoms with van der Waals surface area (Å²) in [6, 6.07) is 66.2. The molecule has 0 saturated heterocycles. The third-order valence-electron chi connectivity index (χ3n) is 11.3. The van der Waals surface area contributed by atoms with Crippen LogP contribution in [0.1, 0.15) is 0 Å². The van der Waals surface area contributed by atoms with Crippen molar-refractivity contribution in [2.45, 2.75) is 0 Å². The molecule has 262 valence electrons. The summed E-state index contributed by atoms with van der Waals surface area (Å²) in [5.41, 5.74) is 12.9. The predicted molar refractivity (Wildman–Crippen MR) is 231 cm³/mol. The normalized spacial score (nSPS) is 11.9. The van der Waals surface area contributed by atoms with Gasteiger partial charge in [0.1, 0.15) is 27.9 Å². The van der Waals surface area contributed by atoms with Gasteiger partial charge in [-0.25, -0.2) is 0 Å². The summed E-state index contributed by atoms with van der Waals surface area (Å²) in [6.45, 7) is 0. The highest BCUT2D eigenvalue weighted by Gasteiger charge is 2.21. The van der Waals surface area contributed by atoms with Crippen molar-refractivity contribution in [2.75, 3.05) is 4.90 Å². The second-order valence-electron chi connectivity index (χ2n) is 14.5. The first-order chi connectivity index (χ1) is 27.7. The Hall–Kier alpha value is -7.56. The molecule has 56 heavy (non-hydrogen) atoms. The summed E-state index contributed by atoms with van der Waals surface area (Å²) in [7, 11) is 0. The molecule has 0 atom stereocenters. The van der Waals surface area contributed by atoms with Gasteiger partial charge in [-0.15, -0.1) is 0 Å². The van der Waals surface area contributed by atoms with Crippen LogP contribution in [0.4, 0.5) is 17.1 Å². The molecule has 0 aliphatic rings. The summed E-state index contributed by atoms with van der Waals surface area (Å²) in [5, 5.41) is 8.95. The average Bonchev–Trinajstić information content (AvgIpc) is 3.96. The van der Waals surface area contributed by atoms with Gasteiger partial charge in [0, 0.05) is 49.1 Å². The molecule has 0 aliphatic heterocycles. The predicted octanol–water partition coefficient (Wildman–Crippen LogP) is 15.3. The van der Waals surface area contributed by atoms with Crippen LogP contribution >= 0.6 is 0 Å². The van der Waals surface area contributed by atoms with Crippen LogP contribution in [0.3, 0.4) is 0 Å². The Balaban J connectivity index is 0.998.